The van der Waals surface area contributed by atoms with Crippen LogP contribution in [0.15, 0.2) is 41.1 Å². The molecule has 0 atom stereocenters. The van der Waals surface area contributed by atoms with Gasteiger partial charge < -0.3 is 10.1 Å². The van der Waals surface area contributed by atoms with Crippen molar-refractivity contribution in [3.05, 3.63) is 52.5 Å². The van der Waals surface area contributed by atoms with Gasteiger partial charge in [0.2, 0.25) is 5.91 Å². The number of benzene rings is 1. The lowest BCUT2D eigenvalue weighted by atomic mass is 10.2. The van der Waals surface area contributed by atoms with Gasteiger partial charge in [-0.25, -0.2) is 9.07 Å². The van der Waals surface area contributed by atoms with Gasteiger partial charge in [0.15, 0.2) is 0 Å². The van der Waals surface area contributed by atoms with E-state index in [0.717, 1.165) is 17.3 Å². The minimum Gasteiger partial charge on any atom is -0.464 e. The molecule has 3 rings (SSSR count). The predicted molar refractivity (Wildman–Crippen MR) is 96.9 cm³/mol. The van der Waals surface area contributed by atoms with E-state index in [1.54, 1.807) is 24.5 Å². The molecule has 0 aliphatic heterocycles. The van der Waals surface area contributed by atoms with Gasteiger partial charge in [0.25, 0.3) is 0 Å². The van der Waals surface area contributed by atoms with E-state index in [0.29, 0.717) is 23.8 Å². The number of ether oxygens (including phenoxy) is 1. The van der Waals surface area contributed by atoms with Gasteiger partial charge in [-0.1, -0.05) is 6.07 Å². The molecule has 6 nitrogen and oxygen atoms in total. The molecule has 0 spiro atoms. The van der Waals surface area contributed by atoms with E-state index in [9.17, 15) is 14.0 Å². The van der Waals surface area contributed by atoms with Gasteiger partial charge in [0.05, 0.1) is 17.3 Å². The molecule has 8 heteroatoms. The highest BCUT2D eigenvalue weighted by molar-refractivity contribution is 9.10. The number of carbonyl (C=O) groups is 2. The van der Waals surface area contributed by atoms with Gasteiger partial charge in [-0.15, -0.1) is 0 Å². The van der Waals surface area contributed by atoms with Crippen molar-refractivity contribution >= 4 is 33.9 Å². The zero-order valence-electron chi connectivity index (χ0n) is 13.8. The fraction of sp³-hybridized carbons (Fsp3) is 0.278. The molecular formula is C18H17BrFN3O3. The van der Waals surface area contributed by atoms with Gasteiger partial charge in [-0.05, 0) is 58.5 Å². The number of esters is 1. The molecule has 136 valence electrons. The summed E-state index contributed by atoms with van der Waals surface area (Å²) < 4.78 is 21.4. The molecule has 1 aliphatic carbocycles. The molecule has 1 saturated carbocycles. The van der Waals surface area contributed by atoms with Gasteiger partial charge in [-0.2, -0.15) is 5.10 Å². The first-order valence-corrected chi connectivity index (χ1v) is 8.92. The molecule has 0 bridgehead atoms. The van der Waals surface area contributed by atoms with Crippen LogP contribution in [-0.4, -0.2) is 34.8 Å². The Morgan fingerprint density at radius 2 is 2.23 bits per heavy atom. The minimum atomic E-state index is -0.466. The van der Waals surface area contributed by atoms with Crippen LogP contribution < -0.4 is 5.32 Å². The fourth-order valence-electron chi connectivity index (χ4n) is 2.18. The third-order valence-corrected chi connectivity index (χ3v) is 4.19. The van der Waals surface area contributed by atoms with Crippen molar-refractivity contribution in [2.24, 2.45) is 5.92 Å². The van der Waals surface area contributed by atoms with Crippen LogP contribution in [0.5, 0.6) is 0 Å². The molecule has 0 unspecified atom stereocenters. The third-order valence-electron chi connectivity index (χ3n) is 3.78. The van der Waals surface area contributed by atoms with Crippen molar-refractivity contribution in [3.8, 4) is 5.69 Å². The number of hydrogen-bond acceptors (Lipinski definition) is 4. The molecule has 1 N–H and O–H groups in total. The van der Waals surface area contributed by atoms with Crippen molar-refractivity contribution in [1.82, 2.24) is 15.1 Å². The minimum absolute atomic E-state index is 0.183. The summed E-state index contributed by atoms with van der Waals surface area (Å²) in [5, 5.41) is 6.46. The maximum absolute atomic E-state index is 14.2. The number of carbonyl (C=O) groups excluding carboxylic acids is 2. The van der Waals surface area contributed by atoms with Crippen molar-refractivity contribution in [1.29, 1.82) is 0 Å². The van der Waals surface area contributed by atoms with E-state index >= 15 is 0 Å². The summed E-state index contributed by atoms with van der Waals surface area (Å²) in [7, 11) is 0. The maximum Gasteiger partial charge on any atom is 0.325 e. The number of aromatic nitrogens is 2. The molecular weight excluding hydrogens is 405 g/mol. The zero-order valence-corrected chi connectivity index (χ0v) is 15.4. The summed E-state index contributed by atoms with van der Waals surface area (Å²) in [6.07, 6.45) is 8.10. The highest BCUT2D eigenvalue weighted by Gasteiger charge is 2.22. The largest absolute Gasteiger partial charge is 0.464 e. The lowest BCUT2D eigenvalue weighted by Gasteiger charge is -2.05. The Labute approximate surface area is 158 Å². The summed E-state index contributed by atoms with van der Waals surface area (Å²) in [6, 6.07) is 4.54. The van der Waals surface area contributed by atoms with Crippen LogP contribution in [0.25, 0.3) is 11.8 Å². The molecule has 0 saturated heterocycles. The van der Waals surface area contributed by atoms with Gasteiger partial charge >= 0.3 is 5.97 Å². The van der Waals surface area contributed by atoms with E-state index in [1.807, 2.05) is 0 Å². The first-order valence-electron chi connectivity index (χ1n) is 8.13. The molecule has 0 radical (unpaired) electrons. The first-order chi connectivity index (χ1) is 12.5. The lowest BCUT2D eigenvalue weighted by molar-refractivity contribution is -0.144. The fourth-order valence-corrected chi connectivity index (χ4v) is 2.47. The monoisotopic (exact) mass is 421 g/mol. The summed E-state index contributed by atoms with van der Waals surface area (Å²) in [5.74, 6) is -0.893. The zero-order chi connectivity index (χ0) is 18.5. The Morgan fingerprint density at radius 3 is 2.88 bits per heavy atom. The van der Waals surface area contributed by atoms with Crippen LogP contribution in [0.3, 0.4) is 0 Å². The molecule has 1 fully saturated rings. The van der Waals surface area contributed by atoms with E-state index in [4.69, 9.17) is 4.74 Å². The third kappa shape index (κ3) is 5.26. The molecule has 1 aromatic heterocycles. The van der Waals surface area contributed by atoms with Crippen LogP contribution >= 0.6 is 15.9 Å². The normalized spacial score (nSPS) is 13.8. The van der Waals surface area contributed by atoms with E-state index in [1.165, 1.54) is 22.9 Å². The lowest BCUT2D eigenvalue weighted by Crippen LogP contribution is -2.29. The number of halogens is 2. The molecule has 2 aromatic rings. The molecule has 1 aromatic carbocycles. The van der Waals surface area contributed by atoms with Gasteiger partial charge in [0, 0.05) is 12.3 Å². The Bertz CT molecular complexity index is 846. The molecule has 1 heterocycles. The van der Waals surface area contributed by atoms with Crippen LogP contribution in [0.1, 0.15) is 18.4 Å². The van der Waals surface area contributed by atoms with E-state index < -0.39 is 17.7 Å². The number of nitrogens with zero attached hydrogens (tertiary/aromatic N) is 2. The van der Waals surface area contributed by atoms with Crippen molar-refractivity contribution in [2.45, 2.75) is 12.8 Å². The summed E-state index contributed by atoms with van der Waals surface area (Å²) in [5.41, 5.74) is 0.819. The Hall–Kier alpha value is -2.48. The average molecular weight is 422 g/mol. The Morgan fingerprint density at radius 1 is 1.42 bits per heavy atom. The number of rotatable bonds is 7. The van der Waals surface area contributed by atoms with Crippen LogP contribution in [0, 0.1) is 11.7 Å². The topological polar surface area (TPSA) is 73.2 Å². The summed E-state index contributed by atoms with van der Waals surface area (Å²) in [6.45, 7) is 0.236. The summed E-state index contributed by atoms with van der Waals surface area (Å²) in [4.78, 5) is 23.2. The van der Waals surface area contributed by atoms with Gasteiger partial charge in [-0.3, -0.25) is 9.59 Å². The van der Waals surface area contributed by atoms with Crippen molar-refractivity contribution in [3.63, 3.8) is 0 Å². The Balaban J connectivity index is 1.51. The Kier molecular flexibility index (Phi) is 5.82. The van der Waals surface area contributed by atoms with Crippen LogP contribution in [0.4, 0.5) is 4.39 Å². The van der Waals surface area contributed by atoms with Crippen molar-refractivity contribution < 1.29 is 18.7 Å². The summed E-state index contributed by atoms with van der Waals surface area (Å²) >= 11 is 3.26. The maximum atomic E-state index is 14.2. The number of nitrogens with one attached hydrogen (secondary N) is 1. The SMILES string of the molecule is O=C(/C=C/c1ccc(-n2cc(Br)cn2)c(F)c1)NCC(=O)OCC1CC1. The second kappa shape index (κ2) is 8.27. The second-order valence-electron chi connectivity index (χ2n) is 5.99. The van der Waals surface area contributed by atoms with Crippen LogP contribution in [-0.2, 0) is 14.3 Å². The predicted octanol–water partition coefficient (Wildman–Crippen LogP) is 2.86. The molecule has 1 aliphatic rings. The molecule has 26 heavy (non-hydrogen) atoms. The highest BCUT2D eigenvalue weighted by atomic mass is 79.9. The molecule has 1 amide bonds. The highest BCUT2D eigenvalue weighted by Crippen LogP contribution is 2.28. The van der Waals surface area contributed by atoms with E-state index in [2.05, 4.69) is 26.3 Å². The van der Waals surface area contributed by atoms with Crippen molar-refractivity contribution in [2.75, 3.05) is 13.2 Å². The van der Waals surface area contributed by atoms with E-state index in [-0.39, 0.29) is 6.54 Å². The standard InChI is InChI=1S/C18H17BrFN3O3/c19-14-8-22-23(10-14)16-5-3-12(7-15(16)20)4-6-17(24)21-9-18(25)26-11-13-1-2-13/h3-8,10,13H,1-2,9,11H2,(H,21,24)/b6-4+. The number of amides is 1. The van der Waals surface area contributed by atoms with Crippen LogP contribution in [0.2, 0.25) is 0 Å². The quantitative estimate of drug-likeness (QED) is 0.550. The first kappa shape index (κ1) is 18.3. The number of hydrogen-bond donors (Lipinski definition) is 1. The second-order valence-corrected chi connectivity index (χ2v) is 6.91. The average Bonchev–Trinajstić information content (AvgIpc) is 3.36. The van der Waals surface area contributed by atoms with Gasteiger partial charge in [0.1, 0.15) is 18.0 Å². The smallest absolute Gasteiger partial charge is 0.325 e.